The molecule has 0 aromatic carbocycles. The summed E-state index contributed by atoms with van der Waals surface area (Å²) in [5.74, 6) is -0.199. The first kappa shape index (κ1) is 11.4. The molecular formula is C9H19NO2. The molecule has 0 radical (unpaired) electrons. The molecule has 0 aromatic heterocycles. The molecule has 0 amide bonds. The summed E-state index contributed by atoms with van der Waals surface area (Å²) in [4.78, 5) is 11.0. The first-order chi connectivity index (χ1) is 5.61. The summed E-state index contributed by atoms with van der Waals surface area (Å²) in [6.07, 6.45) is 1.08. The summed E-state index contributed by atoms with van der Waals surface area (Å²) in [6, 6.07) is 0.470. The van der Waals surface area contributed by atoms with Gasteiger partial charge in [0.2, 0.25) is 0 Å². The molecule has 72 valence electrons. The lowest BCUT2D eigenvalue weighted by molar-refractivity contribution is -0.144. The third-order valence-electron chi connectivity index (χ3n) is 1.99. The van der Waals surface area contributed by atoms with Crippen LogP contribution in [0.1, 0.15) is 27.2 Å². The minimum absolute atomic E-state index is 0.0519. The van der Waals surface area contributed by atoms with Crippen LogP contribution in [-0.4, -0.2) is 25.7 Å². The zero-order chi connectivity index (χ0) is 9.56. The van der Waals surface area contributed by atoms with Gasteiger partial charge in [-0.05, 0) is 13.3 Å². The first-order valence-corrected chi connectivity index (χ1v) is 4.43. The molecule has 0 saturated carbocycles. The number of nitrogens with one attached hydrogen (secondary N) is 1. The predicted octanol–water partition coefficient (Wildman–Crippen LogP) is 1.18. The summed E-state index contributed by atoms with van der Waals surface area (Å²) in [6.45, 7) is 6.77. The second kappa shape index (κ2) is 6.00. The van der Waals surface area contributed by atoms with Gasteiger partial charge in [0.25, 0.3) is 0 Å². The third kappa shape index (κ3) is 4.34. The van der Waals surface area contributed by atoms with Crippen LogP contribution in [0.5, 0.6) is 0 Å². The molecule has 0 spiro atoms. The maximum absolute atomic E-state index is 11.0. The van der Waals surface area contributed by atoms with Crippen molar-refractivity contribution in [3.63, 3.8) is 0 Å². The van der Waals surface area contributed by atoms with E-state index >= 15 is 0 Å². The van der Waals surface area contributed by atoms with Crippen molar-refractivity contribution in [1.29, 1.82) is 0 Å². The van der Waals surface area contributed by atoms with Crippen molar-refractivity contribution in [2.45, 2.75) is 33.2 Å². The van der Waals surface area contributed by atoms with E-state index in [2.05, 4.69) is 23.9 Å². The Bertz CT molecular complexity index is 136. The molecule has 0 aliphatic carbocycles. The topological polar surface area (TPSA) is 38.3 Å². The Balaban J connectivity index is 3.56. The van der Waals surface area contributed by atoms with Crippen molar-refractivity contribution in [3.05, 3.63) is 0 Å². The third-order valence-corrected chi connectivity index (χ3v) is 1.99. The second-order valence-corrected chi connectivity index (χ2v) is 3.14. The smallest absolute Gasteiger partial charge is 0.309 e. The molecular weight excluding hydrogens is 154 g/mol. The number of carbonyl (C=O) groups excluding carboxylic acids is 1. The normalized spacial score (nSPS) is 15.3. The van der Waals surface area contributed by atoms with Gasteiger partial charge in [-0.2, -0.15) is 0 Å². The summed E-state index contributed by atoms with van der Waals surface area (Å²) < 4.78 is 4.60. The van der Waals surface area contributed by atoms with E-state index in [0.717, 1.165) is 6.42 Å². The molecule has 0 aliphatic heterocycles. The molecule has 12 heavy (non-hydrogen) atoms. The fourth-order valence-electron chi connectivity index (χ4n) is 0.807. The number of hydrogen-bond donors (Lipinski definition) is 1. The highest BCUT2D eigenvalue weighted by Crippen LogP contribution is 1.97. The fraction of sp³-hybridized carbons (Fsp3) is 0.889. The van der Waals surface area contributed by atoms with E-state index in [9.17, 15) is 4.79 Å². The number of esters is 1. The van der Waals surface area contributed by atoms with Gasteiger partial charge in [0, 0.05) is 12.6 Å². The first-order valence-electron chi connectivity index (χ1n) is 4.43. The molecule has 0 unspecified atom stereocenters. The van der Waals surface area contributed by atoms with Gasteiger partial charge >= 0.3 is 5.97 Å². The Morgan fingerprint density at radius 1 is 1.50 bits per heavy atom. The second-order valence-electron chi connectivity index (χ2n) is 3.14. The minimum atomic E-state index is -0.147. The maximum atomic E-state index is 11.0. The number of carbonyl (C=O) groups is 1. The molecule has 0 fully saturated rings. The Morgan fingerprint density at radius 2 is 2.08 bits per heavy atom. The number of rotatable bonds is 5. The van der Waals surface area contributed by atoms with E-state index in [1.165, 1.54) is 7.11 Å². The van der Waals surface area contributed by atoms with Gasteiger partial charge < -0.3 is 10.1 Å². The van der Waals surface area contributed by atoms with Crippen LogP contribution in [0.25, 0.3) is 0 Å². The van der Waals surface area contributed by atoms with Crippen LogP contribution in [0, 0.1) is 5.92 Å². The van der Waals surface area contributed by atoms with Gasteiger partial charge in [0.05, 0.1) is 13.0 Å². The van der Waals surface area contributed by atoms with Gasteiger partial charge in [-0.25, -0.2) is 0 Å². The SMILES string of the molecule is CC[C@@H](C)NC[C@@H](C)C(=O)OC. The van der Waals surface area contributed by atoms with Crippen LogP contribution in [-0.2, 0) is 9.53 Å². The molecule has 1 N–H and O–H groups in total. The Labute approximate surface area is 74.5 Å². The summed E-state index contributed by atoms with van der Waals surface area (Å²) >= 11 is 0. The highest BCUT2D eigenvalue weighted by molar-refractivity contribution is 5.71. The standard InChI is InChI=1S/C9H19NO2/c1-5-8(3)10-6-7(2)9(11)12-4/h7-8,10H,5-6H2,1-4H3/t7-,8-/m1/s1. The highest BCUT2D eigenvalue weighted by atomic mass is 16.5. The summed E-state index contributed by atoms with van der Waals surface area (Å²) in [5, 5.41) is 3.25. The van der Waals surface area contributed by atoms with Crippen LogP contribution in [0.2, 0.25) is 0 Å². The molecule has 0 saturated heterocycles. The Hall–Kier alpha value is -0.570. The fourth-order valence-corrected chi connectivity index (χ4v) is 0.807. The van der Waals surface area contributed by atoms with Crippen LogP contribution < -0.4 is 5.32 Å². The van der Waals surface area contributed by atoms with Gasteiger partial charge in [-0.3, -0.25) is 4.79 Å². The molecule has 0 rings (SSSR count). The monoisotopic (exact) mass is 173 g/mol. The lowest BCUT2D eigenvalue weighted by Gasteiger charge is -2.14. The van der Waals surface area contributed by atoms with Gasteiger partial charge in [-0.15, -0.1) is 0 Å². The van der Waals surface area contributed by atoms with Crippen molar-refractivity contribution in [3.8, 4) is 0 Å². The van der Waals surface area contributed by atoms with E-state index in [1.807, 2.05) is 6.92 Å². The minimum Gasteiger partial charge on any atom is -0.469 e. The van der Waals surface area contributed by atoms with Crippen molar-refractivity contribution >= 4 is 5.97 Å². The van der Waals surface area contributed by atoms with E-state index in [4.69, 9.17) is 0 Å². The number of ether oxygens (including phenoxy) is 1. The lowest BCUT2D eigenvalue weighted by atomic mass is 10.1. The van der Waals surface area contributed by atoms with Gasteiger partial charge in [0.1, 0.15) is 0 Å². The van der Waals surface area contributed by atoms with Crippen LogP contribution in [0.3, 0.4) is 0 Å². The highest BCUT2D eigenvalue weighted by Gasteiger charge is 2.12. The van der Waals surface area contributed by atoms with E-state index in [-0.39, 0.29) is 11.9 Å². The van der Waals surface area contributed by atoms with Crippen LogP contribution in [0.15, 0.2) is 0 Å². The summed E-state index contributed by atoms with van der Waals surface area (Å²) in [5.41, 5.74) is 0. The van der Waals surface area contributed by atoms with Crippen LogP contribution >= 0.6 is 0 Å². The van der Waals surface area contributed by atoms with Gasteiger partial charge in [-0.1, -0.05) is 13.8 Å². The van der Waals surface area contributed by atoms with Crippen molar-refractivity contribution in [1.82, 2.24) is 5.32 Å². The predicted molar refractivity (Wildman–Crippen MR) is 48.9 cm³/mol. The molecule has 0 aliphatic rings. The zero-order valence-corrected chi connectivity index (χ0v) is 8.39. The van der Waals surface area contributed by atoms with E-state index in [0.29, 0.717) is 12.6 Å². The molecule has 2 atom stereocenters. The average molecular weight is 173 g/mol. The number of methoxy groups -OCH3 is 1. The number of hydrogen-bond acceptors (Lipinski definition) is 3. The van der Waals surface area contributed by atoms with Crippen molar-refractivity contribution in [2.24, 2.45) is 5.92 Å². The van der Waals surface area contributed by atoms with E-state index < -0.39 is 0 Å². The average Bonchev–Trinajstić information content (AvgIpc) is 2.11. The van der Waals surface area contributed by atoms with Gasteiger partial charge in [0.15, 0.2) is 0 Å². The zero-order valence-electron chi connectivity index (χ0n) is 8.39. The van der Waals surface area contributed by atoms with Crippen molar-refractivity contribution in [2.75, 3.05) is 13.7 Å². The maximum Gasteiger partial charge on any atom is 0.309 e. The Kier molecular flexibility index (Phi) is 5.72. The molecule has 3 nitrogen and oxygen atoms in total. The quantitative estimate of drug-likeness (QED) is 0.634. The summed E-state index contributed by atoms with van der Waals surface area (Å²) in [7, 11) is 1.42. The molecule has 0 bridgehead atoms. The lowest BCUT2D eigenvalue weighted by Crippen LogP contribution is -2.33. The van der Waals surface area contributed by atoms with Crippen molar-refractivity contribution < 1.29 is 9.53 Å². The van der Waals surface area contributed by atoms with Crippen LogP contribution in [0.4, 0.5) is 0 Å². The van der Waals surface area contributed by atoms with E-state index in [1.54, 1.807) is 0 Å². The molecule has 0 heterocycles. The molecule has 0 aromatic rings. The molecule has 3 heteroatoms. The Morgan fingerprint density at radius 3 is 2.50 bits per heavy atom. The largest absolute Gasteiger partial charge is 0.469 e.